The first kappa shape index (κ1) is 81.5. The van der Waals surface area contributed by atoms with Crippen LogP contribution < -0.4 is 0 Å². The molecule has 1 fully saturated rings. The van der Waals surface area contributed by atoms with Crippen LogP contribution in [0.2, 0.25) is 0 Å². The SMILES string of the molecule is C=C(C)C(=O)CCC[N+](C)(C)C.C=C(C)C(=O)N1CC[N+](C)(C)CC1.C=C(C)C(=O)OCC[N+](C)(C)C.C=C(C)C(=O)OCC[N+](C)(C)CCCCCCCC.C=C(C)C(=O)OCC[N+](C)(C)CCCCCCCCCCCC. The van der Waals surface area contributed by atoms with Crippen LogP contribution in [0, 0.1) is 0 Å². The molecule has 462 valence electrons. The number of ketones is 1. The van der Waals surface area contributed by atoms with Crippen LogP contribution in [-0.2, 0) is 38.2 Å². The molecular formula is C65H129N6O8+5. The van der Waals surface area contributed by atoms with Crippen molar-refractivity contribution in [3.05, 3.63) is 60.8 Å². The molecular weight excluding hydrogens is 993 g/mol. The zero-order chi connectivity index (χ0) is 61.9. The fourth-order valence-corrected chi connectivity index (χ4v) is 7.53. The van der Waals surface area contributed by atoms with E-state index in [2.05, 4.69) is 131 Å². The van der Waals surface area contributed by atoms with Gasteiger partial charge in [-0.15, -0.1) is 0 Å². The molecule has 0 unspecified atom stereocenters. The van der Waals surface area contributed by atoms with Crippen LogP contribution in [0.25, 0.3) is 0 Å². The van der Waals surface area contributed by atoms with E-state index in [4.69, 9.17) is 14.2 Å². The highest BCUT2D eigenvalue weighted by atomic mass is 16.5. The van der Waals surface area contributed by atoms with E-state index in [0.29, 0.717) is 54.1 Å². The number of unbranched alkanes of at least 4 members (excludes halogenated alkanes) is 14. The summed E-state index contributed by atoms with van der Waals surface area (Å²) in [6.45, 7) is 42.1. The number of quaternary nitrogens is 5. The van der Waals surface area contributed by atoms with Gasteiger partial charge in [0.25, 0.3) is 0 Å². The van der Waals surface area contributed by atoms with Gasteiger partial charge in [0.1, 0.15) is 39.5 Å². The van der Waals surface area contributed by atoms with E-state index >= 15 is 0 Å². The second-order valence-electron chi connectivity index (χ2n) is 26.3. The Morgan fingerprint density at radius 2 is 0.709 bits per heavy atom. The zero-order valence-electron chi connectivity index (χ0n) is 55.4. The molecule has 1 heterocycles. The highest BCUT2D eigenvalue weighted by Gasteiger charge is 2.27. The number of likely N-dealkylation sites (N-methyl/N-ethyl adjacent to an activating group) is 4. The molecule has 0 N–H and O–H groups in total. The van der Waals surface area contributed by atoms with Crippen molar-refractivity contribution in [3.8, 4) is 0 Å². The maximum Gasteiger partial charge on any atom is 0.333 e. The number of carbonyl (C=O) groups excluding carboxylic acids is 5. The van der Waals surface area contributed by atoms with Gasteiger partial charge in [-0.3, -0.25) is 9.59 Å². The molecule has 0 aliphatic carbocycles. The van der Waals surface area contributed by atoms with Gasteiger partial charge in [0.15, 0.2) is 5.78 Å². The molecule has 0 spiro atoms. The van der Waals surface area contributed by atoms with Crippen LogP contribution in [0.1, 0.15) is 164 Å². The smallest absolute Gasteiger partial charge is 0.333 e. The monoisotopic (exact) mass is 1120 g/mol. The normalized spacial score (nSPS) is 13.0. The third kappa shape index (κ3) is 57.1. The third-order valence-electron chi connectivity index (χ3n) is 13.4. The summed E-state index contributed by atoms with van der Waals surface area (Å²) >= 11 is 0. The lowest BCUT2D eigenvalue weighted by Gasteiger charge is -2.39. The maximum atomic E-state index is 11.5. The quantitative estimate of drug-likeness (QED) is 0.0200. The number of nitrogens with zero attached hydrogens (tertiary/aromatic N) is 6. The van der Waals surface area contributed by atoms with Crippen molar-refractivity contribution in [1.29, 1.82) is 0 Å². The molecule has 0 radical (unpaired) electrons. The standard InChI is InChI=1S/C20H40NO2.C16H32NO2.C10H19N2O.C10H20NO.C9H18NO2/c1-6-7-8-9-10-11-12-13-14-15-16-21(4,5)17-18-23-20(22)19(2)3;1-6-7-8-9-10-11-12-17(4,5)13-14-19-16(18)15(2)3;1-9(2)10(13)11-5-7-12(3,4)8-6-11;1-9(2)10(12)7-6-8-11(3,4)5;1-8(2)9(11)12-7-6-10(3,4)5/h2,6-18H2,1,3-5H3;2,6-14H2,1,3-5H3;1,5-8H2,2-4H3;1,6-8H2,2-5H3;1,6-7H2,2-5H3/q5*+1. The molecule has 0 aromatic carbocycles. The van der Waals surface area contributed by atoms with Gasteiger partial charge in [0.2, 0.25) is 5.91 Å². The molecule has 14 nitrogen and oxygen atoms in total. The van der Waals surface area contributed by atoms with Gasteiger partial charge in [-0.1, -0.05) is 124 Å². The number of allylic oxidation sites excluding steroid dienone is 1. The number of ether oxygens (including phenoxy) is 3. The molecule has 1 saturated heterocycles. The van der Waals surface area contributed by atoms with E-state index in [1.807, 2.05) is 4.90 Å². The van der Waals surface area contributed by atoms with Gasteiger partial charge in [-0.05, 0) is 65.9 Å². The summed E-state index contributed by atoms with van der Waals surface area (Å²) in [7, 11) is 25.7. The molecule has 1 rings (SSSR count). The minimum atomic E-state index is -0.302. The minimum absolute atomic E-state index is 0.111. The number of hydrogen-bond acceptors (Lipinski definition) is 8. The van der Waals surface area contributed by atoms with Crippen molar-refractivity contribution in [3.63, 3.8) is 0 Å². The number of carbonyl (C=O) groups is 5. The molecule has 79 heavy (non-hydrogen) atoms. The lowest BCUT2D eigenvalue weighted by molar-refractivity contribution is -0.894. The topological polar surface area (TPSA) is 116 Å². The average Bonchev–Trinajstić information content (AvgIpc) is 3.32. The molecule has 0 bridgehead atoms. The van der Waals surface area contributed by atoms with Crippen molar-refractivity contribution in [2.24, 2.45) is 0 Å². The second-order valence-corrected chi connectivity index (χ2v) is 26.3. The number of rotatable bonds is 36. The van der Waals surface area contributed by atoms with E-state index in [0.717, 1.165) is 94.3 Å². The predicted molar refractivity (Wildman–Crippen MR) is 334 cm³/mol. The van der Waals surface area contributed by atoms with E-state index in [1.165, 1.54) is 103 Å². The highest BCUT2D eigenvalue weighted by Crippen LogP contribution is 2.13. The Labute approximate surface area is 487 Å². The Morgan fingerprint density at radius 3 is 0.987 bits per heavy atom. The molecule has 0 saturated carbocycles. The largest absolute Gasteiger partial charge is 0.456 e. The Kier molecular flexibility index (Phi) is 47.1. The van der Waals surface area contributed by atoms with Gasteiger partial charge in [0.05, 0.1) is 130 Å². The number of amides is 1. The summed E-state index contributed by atoms with van der Waals surface area (Å²) in [4.78, 5) is 58.0. The van der Waals surface area contributed by atoms with Crippen molar-refractivity contribution in [1.82, 2.24) is 4.90 Å². The molecule has 0 aromatic rings. The Bertz CT molecular complexity index is 1720. The van der Waals surface area contributed by atoms with Crippen molar-refractivity contribution in [2.45, 2.75) is 164 Å². The van der Waals surface area contributed by atoms with Gasteiger partial charge < -0.3 is 41.5 Å². The van der Waals surface area contributed by atoms with Crippen molar-refractivity contribution >= 4 is 29.6 Å². The highest BCUT2D eigenvalue weighted by molar-refractivity contribution is 5.94. The number of Topliss-reactive ketones (excluding diaryl/α,β-unsaturated/α-hetero) is 1. The lowest BCUT2D eigenvalue weighted by Crippen LogP contribution is -2.56. The van der Waals surface area contributed by atoms with Crippen LogP contribution in [0.4, 0.5) is 0 Å². The van der Waals surface area contributed by atoms with Crippen LogP contribution in [0.3, 0.4) is 0 Å². The first-order valence-electron chi connectivity index (χ1n) is 30.0. The van der Waals surface area contributed by atoms with Gasteiger partial charge in [-0.2, -0.15) is 0 Å². The van der Waals surface area contributed by atoms with E-state index in [1.54, 1.807) is 34.6 Å². The molecule has 1 amide bonds. The van der Waals surface area contributed by atoms with Gasteiger partial charge in [-0.25, -0.2) is 14.4 Å². The van der Waals surface area contributed by atoms with Gasteiger partial charge >= 0.3 is 17.9 Å². The van der Waals surface area contributed by atoms with Crippen LogP contribution >= 0.6 is 0 Å². The van der Waals surface area contributed by atoms with Crippen LogP contribution in [-0.4, -0.2) is 227 Å². The zero-order valence-corrected chi connectivity index (χ0v) is 55.4. The molecule has 1 aliphatic rings. The maximum absolute atomic E-state index is 11.5. The Balaban J connectivity index is -0.000000457. The van der Waals surface area contributed by atoms with E-state index in [-0.39, 0.29) is 29.6 Å². The number of hydrogen-bond donors (Lipinski definition) is 0. The summed E-state index contributed by atoms with van der Waals surface area (Å²) in [6.07, 6.45) is 23.2. The Morgan fingerprint density at radius 1 is 0.405 bits per heavy atom. The summed E-state index contributed by atoms with van der Waals surface area (Å²) in [5.41, 5.74) is 2.73. The number of esters is 3. The van der Waals surface area contributed by atoms with Crippen molar-refractivity contribution < 1.29 is 60.6 Å². The summed E-state index contributed by atoms with van der Waals surface area (Å²) in [6, 6.07) is 0. The molecule has 14 heteroatoms. The van der Waals surface area contributed by atoms with Crippen molar-refractivity contribution in [2.75, 3.05) is 170 Å². The summed E-state index contributed by atoms with van der Waals surface area (Å²) < 4.78 is 19.8. The summed E-state index contributed by atoms with van der Waals surface area (Å²) in [5, 5.41) is 0. The predicted octanol–water partition coefficient (Wildman–Crippen LogP) is 11.6. The van der Waals surface area contributed by atoms with E-state index < -0.39 is 0 Å². The van der Waals surface area contributed by atoms with Crippen LogP contribution in [0.15, 0.2) is 60.8 Å². The fraction of sp³-hybridized carbons (Fsp3) is 0.769. The molecule has 1 aliphatic heterocycles. The number of piperazine rings is 1. The fourth-order valence-electron chi connectivity index (χ4n) is 7.53. The Hall–Kier alpha value is -3.95. The molecule has 0 atom stereocenters. The second kappa shape index (κ2) is 45.6. The molecule has 0 aromatic heterocycles. The first-order chi connectivity index (χ1) is 36.4. The van der Waals surface area contributed by atoms with E-state index in [9.17, 15) is 24.0 Å². The minimum Gasteiger partial charge on any atom is -0.456 e. The summed E-state index contributed by atoms with van der Waals surface area (Å²) in [5.74, 6) is -0.546. The third-order valence-corrected chi connectivity index (χ3v) is 13.4. The average molecular weight is 1120 g/mol. The van der Waals surface area contributed by atoms with Gasteiger partial charge in [0, 0.05) is 35.1 Å². The lowest BCUT2D eigenvalue weighted by atomic mass is 10.1. The van der Waals surface area contributed by atoms with Crippen LogP contribution in [0.5, 0.6) is 0 Å². The first-order valence-corrected chi connectivity index (χ1v) is 30.0.